The Morgan fingerprint density at radius 2 is 1.76 bits per heavy atom. The molecule has 1 aliphatic heterocycles. The molecule has 1 heterocycles. The van der Waals surface area contributed by atoms with Crippen LogP contribution >= 0.6 is 0 Å². The number of hydrogen-bond acceptors (Lipinski definition) is 5. The van der Waals surface area contributed by atoms with Gasteiger partial charge in [-0.1, -0.05) is 19.4 Å². The lowest BCUT2D eigenvalue weighted by molar-refractivity contribution is -0.414. The summed E-state index contributed by atoms with van der Waals surface area (Å²) < 4.78 is 17.5. The summed E-state index contributed by atoms with van der Waals surface area (Å²) in [6.45, 7) is 6.53. The number of fused-ring (bicyclic) bond motifs is 6. The van der Waals surface area contributed by atoms with E-state index in [9.17, 15) is 9.59 Å². The molecule has 1 saturated heterocycles. The lowest BCUT2D eigenvalue weighted by atomic mass is 9.46. The number of ether oxygens (including phenoxy) is 3. The first-order chi connectivity index (χ1) is 13.7. The summed E-state index contributed by atoms with van der Waals surface area (Å²) in [6, 6.07) is 0. The number of allylic oxidation sites excluding steroid dienone is 1. The van der Waals surface area contributed by atoms with Crippen molar-refractivity contribution in [3.8, 4) is 0 Å². The molecule has 0 unspecified atom stereocenters. The Labute approximate surface area is 173 Å². The molecule has 0 radical (unpaired) electrons. The average molecular weight is 403 g/mol. The van der Waals surface area contributed by atoms with E-state index < -0.39 is 11.6 Å². The average Bonchev–Trinajstić information content (AvgIpc) is 2.99. The molecule has 160 valence electrons. The van der Waals surface area contributed by atoms with E-state index in [-0.39, 0.29) is 23.2 Å². The zero-order valence-corrected chi connectivity index (χ0v) is 18.2. The summed E-state index contributed by atoms with van der Waals surface area (Å²) in [6.07, 6.45) is 9.65. The molecule has 0 aromatic rings. The van der Waals surface area contributed by atoms with Gasteiger partial charge >= 0.3 is 0 Å². The van der Waals surface area contributed by atoms with E-state index in [0.29, 0.717) is 30.0 Å². The van der Waals surface area contributed by atoms with Gasteiger partial charge in [-0.05, 0) is 74.2 Å². The first-order valence-electron chi connectivity index (χ1n) is 11.3. The van der Waals surface area contributed by atoms with Crippen LogP contribution in [0.25, 0.3) is 0 Å². The van der Waals surface area contributed by atoms with Crippen LogP contribution in [-0.4, -0.2) is 36.9 Å². The number of carbonyl (C=O) groups is 2. The fraction of sp³-hybridized carbons (Fsp3) is 0.833. The van der Waals surface area contributed by atoms with Crippen molar-refractivity contribution >= 4 is 11.6 Å². The van der Waals surface area contributed by atoms with Crippen molar-refractivity contribution in [3.05, 3.63) is 11.6 Å². The SMILES string of the molecule is CO[C@@]1(C)OCC(=O)[C@@]2(CC[C@@H]3[C@H]4CCC5=CC(=O)CC[C@]5(C)[C@@H]4CC[C@@]32C)O1. The van der Waals surface area contributed by atoms with Gasteiger partial charge in [0.1, 0.15) is 12.2 Å². The van der Waals surface area contributed by atoms with Crippen molar-refractivity contribution in [1.29, 1.82) is 0 Å². The highest BCUT2D eigenvalue weighted by Crippen LogP contribution is 2.69. The van der Waals surface area contributed by atoms with Gasteiger partial charge in [-0.3, -0.25) is 9.59 Å². The normalized spacial score (nSPS) is 52.0. The van der Waals surface area contributed by atoms with Gasteiger partial charge in [0.15, 0.2) is 11.6 Å². The van der Waals surface area contributed by atoms with Gasteiger partial charge < -0.3 is 14.2 Å². The molecule has 5 nitrogen and oxygen atoms in total. The Morgan fingerprint density at radius 3 is 2.52 bits per heavy atom. The number of methoxy groups -OCH3 is 1. The minimum atomic E-state index is -1.15. The Morgan fingerprint density at radius 1 is 1.00 bits per heavy atom. The molecule has 5 rings (SSSR count). The van der Waals surface area contributed by atoms with Gasteiger partial charge in [0.05, 0.1) is 0 Å². The van der Waals surface area contributed by atoms with Crippen LogP contribution in [0, 0.1) is 28.6 Å². The van der Waals surface area contributed by atoms with Crippen LogP contribution < -0.4 is 0 Å². The van der Waals surface area contributed by atoms with E-state index in [0.717, 1.165) is 44.9 Å². The smallest absolute Gasteiger partial charge is 0.281 e. The Bertz CT molecular complexity index is 788. The van der Waals surface area contributed by atoms with Crippen molar-refractivity contribution < 1.29 is 23.8 Å². The second kappa shape index (κ2) is 6.24. The summed E-state index contributed by atoms with van der Waals surface area (Å²) in [5.74, 6) is 0.906. The van der Waals surface area contributed by atoms with Gasteiger partial charge in [0.25, 0.3) is 5.97 Å². The first kappa shape index (κ1) is 19.9. The zero-order chi connectivity index (χ0) is 20.7. The summed E-state index contributed by atoms with van der Waals surface area (Å²) in [7, 11) is 1.58. The van der Waals surface area contributed by atoms with Crippen LogP contribution in [-0.2, 0) is 23.8 Å². The van der Waals surface area contributed by atoms with E-state index in [2.05, 4.69) is 13.8 Å². The third-order valence-corrected chi connectivity index (χ3v) is 9.73. The fourth-order valence-electron chi connectivity index (χ4n) is 8.00. The molecule has 4 fully saturated rings. The third kappa shape index (κ3) is 2.50. The highest BCUT2D eigenvalue weighted by Gasteiger charge is 2.70. The molecule has 0 aromatic heterocycles. The molecule has 5 aliphatic rings. The topological polar surface area (TPSA) is 61.8 Å². The van der Waals surface area contributed by atoms with Crippen molar-refractivity contribution in [3.63, 3.8) is 0 Å². The molecule has 0 bridgehead atoms. The number of hydrogen-bond donors (Lipinski definition) is 0. The minimum Gasteiger partial charge on any atom is -0.331 e. The summed E-state index contributed by atoms with van der Waals surface area (Å²) in [4.78, 5) is 25.2. The molecule has 29 heavy (non-hydrogen) atoms. The minimum absolute atomic E-state index is 0.0630. The van der Waals surface area contributed by atoms with Crippen molar-refractivity contribution in [2.45, 2.75) is 83.7 Å². The molecule has 3 saturated carbocycles. The maximum atomic E-state index is 13.2. The van der Waals surface area contributed by atoms with Crippen molar-refractivity contribution in [1.82, 2.24) is 0 Å². The van der Waals surface area contributed by atoms with Gasteiger partial charge in [-0.2, -0.15) is 0 Å². The predicted molar refractivity (Wildman–Crippen MR) is 107 cm³/mol. The van der Waals surface area contributed by atoms with Gasteiger partial charge in [-0.25, -0.2) is 0 Å². The van der Waals surface area contributed by atoms with Crippen molar-refractivity contribution in [2.75, 3.05) is 13.7 Å². The lowest BCUT2D eigenvalue weighted by Crippen LogP contribution is -2.65. The number of ketones is 2. The molecular formula is C24H34O5. The van der Waals surface area contributed by atoms with E-state index >= 15 is 0 Å². The Balaban J connectivity index is 1.50. The van der Waals surface area contributed by atoms with Crippen molar-refractivity contribution in [2.24, 2.45) is 28.6 Å². The van der Waals surface area contributed by atoms with E-state index in [1.807, 2.05) is 6.08 Å². The number of Topliss-reactive ketones (excluding diaryl/α,β-unsaturated/α-hetero) is 1. The van der Waals surface area contributed by atoms with Gasteiger partial charge in [-0.15, -0.1) is 0 Å². The highest BCUT2D eigenvalue weighted by molar-refractivity contribution is 5.92. The van der Waals surface area contributed by atoms with E-state index in [1.54, 1.807) is 14.0 Å². The summed E-state index contributed by atoms with van der Waals surface area (Å²) >= 11 is 0. The summed E-state index contributed by atoms with van der Waals surface area (Å²) in [5.41, 5.74) is 0.550. The second-order valence-electron chi connectivity index (χ2n) is 10.7. The predicted octanol–water partition coefficient (Wildman–Crippen LogP) is 4.19. The van der Waals surface area contributed by atoms with Crippen LogP contribution in [0.1, 0.15) is 72.1 Å². The number of rotatable bonds is 1. The number of carbonyl (C=O) groups excluding carboxylic acids is 2. The Kier molecular flexibility index (Phi) is 4.28. The lowest BCUT2D eigenvalue weighted by Gasteiger charge is -2.60. The Hall–Kier alpha value is -1.04. The van der Waals surface area contributed by atoms with Crippen LogP contribution in [0.3, 0.4) is 0 Å². The molecule has 7 atom stereocenters. The maximum Gasteiger partial charge on any atom is 0.281 e. The maximum absolute atomic E-state index is 13.2. The van der Waals surface area contributed by atoms with Gasteiger partial charge in [0.2, 0.25) is 0 Å². The van der Waals surface area contributed by atoms with Crippen LogP contribution in [0.4, 0.5) is 0 Å². The molecule has 5 heteroatoms. The molecule has 0 aromatic carbocycles. The van der Waals surface area contributed by atoms with Crippen LogP contribution in [0.2, 0.25) is 0 Å². The van der Waals surface area contributed by atoms with E-state index in [4.69, 9.17) is 14.2 Å². The molecule has 0 amide bonds. The quantitative estimate of drug-likeness (QED) is 0.658. The highest BCUT2D eigenvalue weighted by atomic mass is 16.9. The molecule has 1 spiro atoms. The molecule has 4 aliphatic carbocycles. The van der Waals surface area contributed by atoms with Gasteiger partial charge in [0, 0.05) is 25.9 Å². The second-order valence-corrected chi connectivity index (χ2v) is 10.7. The first-order valence-corrected chi connectivity index (χ1v) is 11.3. The third-order valence-electron chi connectivity index (χ3n) is 9.73. The van der Waals surface area contributed by atoms with Crippen LogP contribution in [0.5, 0.6) is 0 Å². The summed E-state index contributed by atoms with van der Waals surface area (Å²) in [5, 5.41) is 0. The molecular weight excluding hydrogens is 368 g/mol. The van der Waals surface area contributed by atoms with E-state index in [1.165, 1.54) is 5.57 Å². The molecule has 0 N–H and O–H groups in total. The largest absolute Gasteiger partial charge is 0.331 e. The monoisotopic (exact) mass is 402 g/mol. The standard InChI is InChI=1S/C24H34O5/c1-21-10-7-16(25)13-15(21)5-6-17-18(21)8-11-22(2)19(17)9-12-24(22)20(26)14-28-23(3,27-4)29-24/h13,17-19H,5-12,14H2,1-4H3/t17-,18+,19+,21-,22-,23-,24+/m0/s1. The fourth-order valence-corrected chi connectivity index (χ4v) is 8.00. The van der Waals surface area contributed by atoms with Crippen LogP contribution in [0.15, 0.2) is 11.6 Å². The zero-order valence-electron chi connectivity index (χ0n) is 18.2.